The quantitative estimate of drug-likeness (QED) is 0.0200. The number of phosphoric ester groups is 1. The van der Waals surface area contributed by atoms with E-state index in [1.807, 2.05) is 0 Å². The Kier molecular flexibility index (Phi) is 43.5. The van der Waals surface area contributed by atoms with Gasteiger partial charge in [0.15, 0.2) is 6.04 Å². The number of carbonyl (C=O) groups excluding carboxylic acids is 2. The molecular weight excluding hydrogens is 794 g/mol. The lowest BCUT2D eigenvalue weighted by Crippen LogP contribution is -2.43. The van der Waals surface area contributed by atoms with Crippen molar-refractivity contribution in [2.24, 2.45) is 0 Å². The van der Waals surface area contributed by atoms with E-state index in [9.17, 15) is 34.1 Å². The summed E-state index contributed by atoms with van der Waals surface area (Å²) < 4.78 is 26.9. The van der Waals surface area contributed by atoms with Crippen LogP contribution in [0.1, 0.15) is 251 Å². The molecule has 0 aromatic carbocycles. The molecule has 0 spiro atoms. The lowest BCUT2D eigenvalue weighted by Gasteiger charge is -2.18. The number of aliphatic hydroxyl groups is 1. The van der Waals surface area contributed by atoms with Gasteiger partial charge in [0.05, 0.1) is 13.2 Å². The number of carboxylic acid groups (broad SMARTS) is 1. The maximum absolute atomic E-state index is 12.4. The van der Waals surface area contributed by atoms with Gasteiger partial charge in [-0.3, -0.25) is 18.6 Å². The highest BCUT2D eigenvalue weighted by molar-refractivity contribution is 7.47. The monoisotopic (exact) mass is 888 g/mol. The second kappa shape index (κ2) is 44.8. The average molecular weight is 888 g/mol. The fraction of sp³-hybridized carbons (Fsp3) is 0.898. The summed E-state index contributed by atoms with van der Waals surface area (Å²) in [6.45, 7) is 2.61. The molecule has 0 radical (unpaired) electrons. The number of unbranched alkanes of at least 4 members (excludes halogenated alkanes) is 32. The number of phosphoric acid groups is 1. The van der Waals surface area contributed by atoms with Crippen LogP contribution in [-0.4, -0.2) is 64.9 Å². The predicted octanol–water partition coefficient (Wildman–Crippen LogP) is 13.6. The highest BCUT2D eigenvalue weighted by atomic mass is 31.2. The molecule has 0 saturated carbocycles. The van der Waals surface area contributed by atoms with Gasteiger partial charge in [0, 0.05) is 12.8 Å². The number of carboxylic acids is 1. The summed E-state index contributed by atoms with van der Waals surface area (Å²) in [6.07, 6.45) is 46.7. The second-order valence-electron chi connectivity index (χ2n) is 17.4. The molecule has 0 aliphatic heterocycles. The summed E-state index contributed by atoms with van der Waals surface area (Å²) in [7, 11) is -4.76. The zero-order valence-corrected chi connectivity index (χ0v) is 40.1. The minimum Gasteiger partial charge on any atom is -0.480 e. The first-order valence-corrected chi connectivity index (χ1v) is 26.7. The van der Waals surface area contributed by atoms with Crippen LogP contribution in [0.15, 0.2) is 12.2 Å². The van der Waals surface area contributed by atoms with Crippen LogP contribution >= 0.6 is 7.82 Å². The van der Waals surface area contributed by atoms with Gasteiger partial charge >= 0.3 is 19.8 Å². The van der Waals surface area contributed by atoms with Crippen LogP contribution in [0.25, 0.3) is 0 Å². The molecule has 61 heavy (non-hydrogen) atoms. The van der Waals surface area contributed by atoms with Crippen molar-refractivity contribution >= 4 is 25.7 Å². The largest absolute Gasteiger partial charge is 0.480 e. The number of nitrogens with one attached hydrogen (secondary N) is 1. The molecule has 0 aromatic rings. The molecule has 1 amide bonds. The van der Waals surface area contributed by atoms with Gasteiger partial charge in [-0.05, 0) is 38.5 Å². The van der Waals surface area contributed by atoms with E-state index in [1.54, 1.807) is 0 Å². The zero-order chi connectivity index (χ0) is 44.9. The molecule has 4 N–H and O–H groups in total. The third-order valence-electron chi connectivity index (χ3n) is 11.3. The first kappa shape index (κ1) is 59.2. The van der Waals surface area contributed by atoms with E-state index in [1.165, 1.54) is 154 Å². The molecule has 12 heteroatoms. The maximum Gasteiger partial charge on any atom is 0.472 e. The molecule has 3 atom stereocenters. The van der Waals surface area contributed by atoms with Crippen LogP contribution in [0.2, 0.25) is 0 Å². The van der Waals surface area contributed by atoms with Crippen molar-refractivity contribution in [3.63, 3.8) is 0 Å². The lowest BCUT2D eigenvalue weighted by atomic mass is 10.0. The van der Waals surface area contributed by atoms with Crippen LogP contribution < -0.4 is 5.32 Å². The fourth-order valence-corrected chi connectivity index (χ4v) is 8.14. The number of aliphatic carboxylic acids is 1. The summed E-state index contributed by atoms with van der Waals surface area (Å²) in [6, 6.07) is -1.54. The van der Waals surface area contributed by atoms with Crippen molar-refractivity contribution in [1.82, 2.24) is 5.32 Å². The molecule has 0 aliphatic rings. The molecule has 360 valence electrons. The molecule has 0 aromatic heterocycles. The van der Waals surface area contributed by atoms with E-state index < -0.39 is 57.6 Å². The van der Waals surface area contributed by atoms with Crippen LogP contribution in [0.5, 0.6) is 0 Å². The van der Waals surface area contributed by atoms with Gasteiger partial charge in [0.1, 0.15) is 12.7 Å². The zero-order valence-electron chi connectivity index (χ0n) is 39.2. The lowest BCUT2D eigenvalue weighted by molar-refractivity contribution is -0.147. The molecule has 0 heterocycles. The predicted molar refractivity (Wildman–Crippen MR) is 250 cm³/mol. The summed E-state index contributed by atoms with van der Waals surface area (Å²) in [5.41, 5.74) is 0. The van der Waals surface area contributed by atoms with Crippen LogP contribution in [0.4, 0.5) is 0 Å². The number of esters is 1. The number of allylic oxidation sites excluding steroid dienone is 2. The number of aliphatic hydroxyl groups excluding tert-OH is 1. The van der Waals surface area contributed by atoms with Gasteiger partial charge in [-0.1, -0.05) is 212 Å². The molecule has 3 unspecified atom stereocenters. The number of hydrogen-bond donors (Lipinski definition) is 4. The van der Waals surface area contributed by atoms with Gasteiger partial charge in [-0.15, -0.1) is 0 Å². The van der Waals surface area contributed by atoms with Crippen molar-refractivity contribution in [3.05, 3.63) is 12.2 Å². The van der Waals surface area contributed by atoms with Crippen molar-refractivity contribution < 1.29 is 47.8 Å². The molecule has 0 bridgehead atoms. The van der Waals surface area contributed by atoms with E-state index in [0.717, 1.165) is 57.8 Å². The van der Waals surface area contributed by atoms with E-state index in [0.29, 0.717) is 12.8 Å². The third-order valence-corrected chi connectivity index (χ3v) is 12.3. The van der Waals surface area contributed by atoms with Gasteiger partial charge in [0.25, 0.3) is 0 Å². The number of rotatable bonds is 48. The minimum atomic E-state index is -4.76. The number of carbonyl (C=O) groups is 3. The highest BCUT2D eigenvalue weighted by Crippen LogP contribution is 2.43. The van der Waals surface area contributed by atoms with Crippen molar-refractivity contribution in [2.75, 3.05) is 19.8 Å². The topological polar surface area (TPSA) is 169 Å². The molecule has 11 nitrogen and oxygen atoms in total. The van der Waals surface area contributed by atoms with E-state index in [-0.39, 0.29) is 12.8 Å². The molecule has 0 fully saturated rings. The Balaban J connectivity index is 3.78. The normalized spacial score (nSPS) is 13.6. The molecule has 0 rings (SSSR count). The second-order valence-corrected chi connectivity index (χ2v) is 18.8. The summed E-state index contributed by atoms with van der Waals surface area (Å²) in [5.74, 6) is -2.36. The van der Waals surface area contributed by atoms with E-state index >= 15 is 0 Å². The first-order chi connectivity index (χ1) is 29.6. The Morgan fingerprint density at radius 2 is 0.852 bits per heavy atom. The Morgan fingerprint density at radius 3 is 1.26 bits per heavy atom. The summed E-state index contributed by atoms with van der Waals surface area (Å²) in [5, 5.41) is 21.9. The van der Waals surface area contributed by atoms with Gasteiger partial charge in [-0.25, -0.2) is 9.36 Å². The average Bonchev–Trinajstić information content (AvgIpc) is 3.24. The highest BCUT2D eigenvalue weighted by Gasteiger charge is 2.28. The minimum absolute atomic E-state index is 0.151. The Labute approximate surface area is 373 Å². The van der Waals surface area contributed by atoms with Crippen LogP contribution in [0.3, 0.4) is 0 Å². The van der Waals surface area contributed by atoms with Gasteiger partial charge < -0.3 is 25.2 Å². The van der Waals surface area contributed by atoms with Gasteiger partial charge in [-0.2, -0.15) is 0 Å². The first-order valence-electron chi connectivity index (χ1n) is 25.2. The molecular formula is C49H94NO10P. The number of amides is 1. The van der Waals surface area contributed by atoms with E-state index in [4.69, 9.17) is 13.8 Å². The Bertz CT molecular complexity index is 1090. The van der Waals surface area contributed by atoms with Crippen LogP contribution in [0, 0.1) is 0 Å². The Morgan fingerprint density at radius 1 is 0.508 bits per heavy atom. The maximum atomic E-state index is 12.4. The van der Waals surface area contributed by atoms with Crippen LogP contribution in [-0.2, 0) is 32.7 Å². The molecule has 0 saturated heterocycles. The van der Waals surface area contributed by atoms with Crippen molar-refractivity contribution in [2.45, 2.75) is 264 Å². The molecule has 0 aliphatic carbocycles. The Hall–Kier alpha value is -1.78. The van der Waals surface area contributed by atoms with E-state index in [2.05, 4.69) is 31.3 Å². The number of ether oxygens (including phenoxy) is 1. The van der Waals surface area contributed by atoms with Crippen molar-refractivity contribution in [1.29, 1.82) is 0 Å². The van der Waals surface area contributed by atoms with Gasteiger partial charge in [0.2, 0.25) is 5.91 Å². The summed E-state index contributed by atoms with van der Waals surface area (Å²) >= 11 is 0. The SMILES string of the molecule is CCCCCC/C=C\CCCCCCCC(=O)OCC(O)COP(=O)(O)OCC(NC(=O)CCCCCCCCCCCCCCCCCCCCCCCCCC)C(=O)O. The summed E-state index contributed by atoms with van der Waals surface area (Å²) in [4.78, 5) is 46.0. The standard InChI is InChI=1S/C49H94NO10P/c1-3-5-7-9-11-13-15-17-18-19-20-21-22-23-24-25-26-27-29-30-32-34-36-38-40-47(52)50-46(49(54)55)44-60-61(56,57)59-43-45(51)42-58-48(53)41-39-37-35-33-31-28-16-14-12-10-8-6-4-2/h14,16,45-46,51H,3-13,15,17-44H2,1-2H3,(H,50,52)(H,54,55)(H,56,57)/b16-14-. The van der Waals surface area contributed by atoms with Crippen molar-refractivity contribution in [3.8, 4) is 0 Å². The third kappa shape index (κ3) is 44.6. The number of hydrogen-bond acceptors (Lipinski definition) is 8. The fourth-order valence-electron chi connectivity index (χ4n) is 7.37. The smallest absolute Gasteiger partial charge is 0.472 e.